The molecule has 0 bridgehead atoms. The fourth-order valence-electron chi connectivity index (χ4n) is 2.57. The summed E-state index contributed by atoms with van der Waals surface area (Å²) in [6.45, 7) is 4.56. The maximum atomic E-state index is 5.42. The highest BCUT2D eigenvalue weighted by molar-refractivity contribution is 5.03. The van der Waals surface area contributed by atoms with Gasteiger partial charge in [-0.25, -0.2) is 0 Å². The molecule has 0 atom stereocenters. The van der Waals surface area contributed by atoms with Crippen molar-refractivity contribution in [2.45, 2.75) is 64.5 Å². The number of hydrogen-bond acceptors (Lipinski definition) is 1. The first-order chi connectivity index (χ1) is 7.22. The van der Waals surface area contributed by atoms with Crippen molar-refractivity contribution >= 4 is 0 Å². The summed E-state index contributed by atoms with van der Waals surface area (Å²) in [4.78, 5) is 2.58. The Kier molecular flexibility index (Phi) is 5.19. The van der Waals surface area contributed by atoms with Crippen LogP contribution in [-0.2, 0) is 0 Å². The maximum absolute atomic E-state index is 5.42. The lowest BCUT2D eigenvalue weighted by molar-refractivity contribution is 0.0770. The molecule has 0 aromatic heterocycles. The van der Waals surface area contributed by atoms with Gasteiger partial charge in [-0.15, -0.1) is 12.3 Å². The largest absolute Gasteiger partial charge is 0.300 e. The van der Waals surface area contributed by atoms with Crippen LogP contribution in [0.25, 0.3) is 0 Å². The first kappa shape index (κ1) is 12.6. The molecular weight excluding hydrogens is 182 g/mol. The van der Waals surface area contributed by atoms with Crippen LogP contribution in [0.3, 0.4) is 0 Å². The lowest BCUT2D eigenvalue weighted by atomic mass is 9.79. The van der Waals surface area contributed by atoms with Crippen molar-refractivity contribution in [1.29, 1.82) is 0 Å². The highest BCUT2D eigenvalue weighted by Crippen LogP contribution is 2.32. The van der Waals surface area contributed by atoms with Crippen LogP contribution in [0.5, 0.6) is 0 Å². The molecule has 15 heavy (non-hydrogen) atoms. The zero-order chi connectivity index (χ0) is 11.3. The highest BCUT2D eigenvalue weighted by atomic mass is 15.2. The lowest BCUT2D eigenvalue weighted by Gasteiger charge is -2.43. The van der Waals surface area contributed by atoms with Crippen molar-refractivity contribution < 1.29 is 0 Å². The van der Waals surface area contributed by atoms with E-state index in [9.17, 15) is 0 Å². The van der Waals surface area contributed by atoms with Crippen molar-refractivity contribution in [3.8, 4) is 12.3 Å². The van der Waals surface area contributed by atoms with Gasteiger partial charge in [0.2, 0.25) is 0 Å². The topological polar surface area (TPSA) is 3.24 Å². The maximum Gasteiger partial charge on any atom is 0.0230 e. The number of rotatable bonds is 6. The quantitative estimate of drug-likeness (QED) is 0.604. The minimum atomic E-state index is 0.557. The fourth-order valence-corrected chi connectivity index (χ4v) is 2.57. The highest BCUT2D eigenvalue weighted by Gasteiger charge is 2.33. The molecule has 0 spiro atoms. The molecule has 0 aromatic carbocycles. The van der Waals surface area contributed by atoms with Crippen LogP contribution in [0.4, 0.5) is 0 Å². The van der Waals surface area contributed by atoms with Gasteiger partial charge in [0, 0.05) is 18.0 Å². The van der Waals surface area contributed by atoms with Gasteiger partial charge in [0.15, 0.2) is 0 Å². The second kappa shape index (κ2) is 6.18. The van der Waals surface area contributed by atoms with Gasteiger partial charge in [0.05, 0.1) is 0 Å². The molecule has 0 aliphatic heterocycles. The SMILES string of the molecule is C#CC1CC(N(C)C(CCC)CCC)C1. The predicted octanol–water partition coefficient (Wildman–Crippen LogP) is 3.30. The molecule has 0 radical (unpaired) electrons. The number of terminal acetylenes is 1. The van der Waals surface area contributed by atoms with Crippen LogP contribution in [0.1, 0.15) is 52.4 Å². The molecule has 1 nitrogen and oxygen atoms in total. The Morgan fingerprint density at radius 2 is 1.80 bits per heavy atom. The smallest absolute Gasteiger partial charge is 0.0230 e. The zero-order valence-electron chi connectivity index (χ0n) is 10.5. The third-order valence-corrected chi connectivity index (χ3v) is 3.74. The van der Waals surface area contributed by atoms with E-state index >= 15 is 0 Å². The Balaban J connectivity index is 2.36. The summed E-state index contributed by atoms with van der Waals surface area (Å²) in [5, 5.41) is 0. The average molecular weight is 207 g/mol. The molecule has 1 aliphatic rings. The third-order valence-electron chi connectivity index (χ3n) is 3.74. The van der Waals surface area contributed by atoms with Crippen molar-refractivity contribution in [2.24, 2.45) is 5.92 Å². The summed E-state index contributed by atoms with van der Waals surface area (Å²) in [5.74, 6) is 3.42. The monoisotopic (exact) mass is 207 g/mol. The Hall–Kier alpha value is -0.480. The molecule has 1 fully saturated rings. The summed E-state index contributed by atoms with van der Waals surface area (Å²) in [7, 11) is 2.29. The van der Waals surface area contributed by atoms with Crippen LogP contribution in [0, 0.1) is 18.3 Å². The Morgan fingerprint density at radius 3 is 2.20 bits per heavy atom. The Morgan fingerprint density at radius 1 is 1.27 bits per heavy atom. The third kappa shape index (κ3) is 3.24. The van der Waals surface area contributed by atoms with Gasteiger partial charge in [-0.05, 0) is 32.7 Å². The average Bonchev–Trinajstić information content (AvgIpc) is 2.15. The molecule has 0 unspecified atom stereocenters. The molecule has 1 saturated carbocycles. The van der Waals surface area contributed by atoms with E-state index in [-0.39, 0.29) is 0 Å². The van der Waals surface area contributed by atoms with E-state index in [2.05, 4.69) is 31.7 Å². The summed E-state index contributed by atoms with van der Waals surface area (Å²) < 4.78 is 0. The summed E-state index contributed by atoms with van der Waals surface area (Å²) in [6.07, 6.45) is 13.1. The minimum absolute atomic E-state index is 0.557. The lowest BCUT2D eigenvalue weighted by Crippen LogP contribution is -2.47. The molecule has 0 saturated heterocycles. The molecule has 0 heterocycles. The van der Waals surface area contributed by atoms with Crippen LogP contribution < -0.4 is 0 Å². The second-order valence-electron chi connectivity index (χ2n) is 4.89. The van der Waals surface area contributed by atoms with E-state index < -0.39 is 0 Å². The summed E-state index contributed by atoms with van der Waals surface area (Å²) in [5.41, 5.74) is 0. The standard InChI is InChI=1S/C14H25N/c1-5-8-13(9-6-2)15(4)14-10-12(7-3)11-14/h3,12-14H,5-6,8-11H2,1-2,4H3. The van der Waals surface area contributed by atoms with Crippen molar-refractivity contribution in [3.63, 3.8) is 0 Å². The van der Waals surface area contributed by atoms with Crippen molar-refractivity contribution in [1.82, 2.24) is 4.90 Å². The van der Waals surface area contributed by atoms with E-state index in [0.717, 1.165) is 12.1 Å². The van der Waals surface area contributed by atoms with E-state index in [1.807, 2.05) is 0 Å². The van der Waals surface area contributed by atoms with Gasteiger partial charge < -0.3 is 4.90 Å². The molecule has 1 heteroatoms. The predicted molar refractivity (Wildman–Crippen MR) is 66.7 cm³/mol. The van der Waals surface area contributed by atoms with Gasteiger partial charge in [0.25, 0.3) is 0 Å². The zero-order valence-corrected chi connectivity index (χ0v) is 10.5. The molecule has 1 aliphatic carbocycles. The van der Waals surface area contributed by atoms with Gasteiger partial charge >= 0.3 is 0 Å². The first-order valence-electron chi connectivity index (χ1n) is 6.40. The van der Waals surface area contributed by atoms with E-state index in [0.29, 0.717) is 5.92 Å². The molecule has 0 amide bonds. The molecule has 0 N–H and O–H groups in total. The van der Waals surface area contributed by atoms with Crippen LogP contribution in [-0.4, -0.2) is 24.0 Å². The van der Waals surface area contributed by atoms with Gasteiger partial charge in [-0.1, -0.05) is 26.7 Å². The molecule has 1 rings (SSSR count). The van der Waals surface area contributed by atoms with Gasteiger partial charge in [0.1, 0.15) is 0 Å². The normalized spacial score (nSPS) is 25.3. The van der Waals surface area contributed by atoms with Crippen molar-refractivity contribution in [3.05, 3.63) is 0 Å². The van der Waals surface area contributed by atoms with Gasteiger partial charge in [-0.2, -0.15) is 0 Å². The van der Waals surface area contributed by atoms with Crippen LogP contribution in [0.2, 0.25) is 0 Å². The first-order valence-corrected chi connectivity index (χ1v) is 6.40. The van der Waals surface area contributed by atoms with Crippen LogP contribution >= 0.6 is 0 Å². The van der Waals surface area contributed by atoms with E-state index in [1.54, 1.807) is 0 Å². The molecule has 86 valence electrons. The van der Waals surface area contributed by atoms with Crippen molar-refractivity contribution in [2.75, 3.05) is 7.05 Å². The van der Waals surface area contributed by atoms with Gasteiger partial charge in [-0.3, -0.25) is 0 Å². The Labute approximate surface area is 95.2 Å². The van der Waals surface area contributed by atoms with Crippen LogP contribution in [0.15, 0.2) is 0 Å². The minimum Gasteiger partial charge on any atom is -0.300 e. The molecule has 0 aromatic rings. The van der Waals surface area contributed by atoms with E-state index in [4.69, 9.17) is 6.42 Å². The Bertz CT molecular complexity index is 204. The summed E-state index contributed by atoms with van der Waals surface area (Å²) >= 11 is 0. The number of nitrogens with zero attached hydrogens (tertiary/aromatic N) is 1. The number of hydrogen-bond donors (Lipinski definition) is 0. The molecular formula is C14H25N. The fraction of sp³-hybridized carbons (Fsp3) is 0.857. The second-order valence-corrected chi connectivity index (χ2v) is 4.89. The van der Waals surface area contributed by atoms with E-state index in [1.165, 1.54) is 38.5 Å². The summed E-state index contributed by atoms with van der Waals surface area (Å²) in [6, 6.07) is 1.54.